The number of aryl methyl sites for hydroxylation is 1. The Kier molecular flexibility index (Phi) is 3.38. The fraction of sp³-hybridized carbons (Fsp3) is 0.125. The molecular weight excluding hydrogens is 252 g/mol. The van der Waals surface area contributed by atoms with Crippen LogP contribution in [0.5, 0.6) is 0 Å². The van der Waals surface area contributed by atoms with E-state index in [1.165, 1.54) is 22.7 Å². The Morgan fingerprint density at radius 3 is 2.63 bits per heavy atom. The van der Waals surface area contributed by atoms with Crippen molar-refractivity contribution in [3.05, 3.63) is 71.5 Å². The van der Waals surface area contributed by atoms with Gasteiger partial charge in [0, 0.05) is 12.0 Å². The highest BCUT2D eigenvalue weighted by Gasteiger charge is 2.07. The van der Waals surface area contributed by atoms with Gasteiger partial charge in [-0.2, -0.15) is 4.37 Å². The van der Waals surface area contributed by atoms with Crippen LogP contribution in [0.4, 0.5) is 0 Å². The van der Waals surface area contributed by atoms with Crippen molar-refractivity contribution in [2.45, 2.75) is 13.3 Å². The van der Waals surface area contributed by atoms with Crippen molar-refractivity contribution in [2.24, 2.45) is 0 Å². The van der Waals surface area contributed by atoms with Crippen molar-refractivity contribution in [2.75, 3.05) is 0 Å². The van der Waals surface area contributed by atoms with Gasteiger partial charge in [0.15, 0.2) is 0 Å². The fourth-order valence-corrected chi connectivity index (χ4v) is 2.68. The Hall–Kier alpha value is -2.00. The number of hydrogen-bond donors (Lipinski definition) is 0. The zero-order valence-electron chi connectivity index (χ0n) is 10.7. The lowest BCUT2D eigenvalue weighted by atomic mass is 10.1. The molecule has 1 heterocycles. The second kappa shape index (κ2) is 5.33. The Morgan fingerprint density at radius 1 is 1.00 bits per heavy atom. The molecule has 1 aromatic heterocycles. The van der Waals surface area contributed by atoms with Crippen LogP contribution in [-0.2, 0) is 6.42 Å². The minimum atomic E-state index is 0.795. The van der Waals surface area contributed by atoms with Gasteiger partial charge in [0.05, 0.1) is 0 Å². The van der Waals surface area contributed by atoms with Crippen LogP contribution < -0.4 is 0 Å². The van der Waals surface area contributed by atoms with Gasteiger partial charge < -0.3 is 0 Å². The highest BCUT2D eigenvalue weighted by molar-refractivity contribution is 7.09. The average molecular weight is 266 g/mol. The molecule has 0 fully saturated rings. The minimum Gasteiger partial charge on any atom is -0.219 e. The molecule has 19 heavy (non-hydrogen) atoms. The van der Waals surface area contributed by atoms with Crippen LogP contribution in [0.3, 0.4) is 0 Å². The summed E-state index contributed by atoms with van der Waals surface area (Å²) in [5, 5.41) is 0.995. The van der Waals surface area contributed by atoms with Crippen LogP contribution in [0.25, 0.3) is 10.6 Å². The van der Waals surface area contributed by atoms with E-state index in [2.05, 4.69) is 52.7 Å². The van der Waals surface area contributed by atoms with E-state index in [9.17, 15) is 0 Å². The van der Waals surface area contributed by atoms with E-state index in [0.717, 1.165) is 22.8 Å². The molecular formula is C16H14N2S. The third-order valence-electron chi connectivity index (χ3n) is 2.94. The third kappa shape index (κ3) is 2.88. The number of rotatable bonds is 3. The summed E-state index contributed by atoms with van der Waals surface area (Å²) in [5.41, 5.74) is 3.64. The van der Waals surface area contributed by atoms with Crippen molar-refractivity contribution in [1.29, 1.82) is 0 Å². The standard InChI is InChI=1S/C16H14N2S/c1-12-6-5-9-14(10-12)16-17-15(18-19-16)11-13-7-3-2-4-8-13/h2-10H,11H2,1H3. The smallest absolute Gasteiger partial charge is 0.147 e. The summed E-state index contributed by atoms with van der Waals surface area (Å²) in [6.45, 7) is 2.09. The van der Waals surface area contributed by atoms with Gasteiger partial charge in [0.2, 0.25) is 0 Å². The third-order valence-corrected chi connectivity index (χ3v) is 3.74. The summed E-state index contributed by atoms with van der Waals surface area (Å²) in [5.74, 6) is 0.896. The number of nitrogens with zero attached hydrogens (tertiary/aromatic N) is 2. The summed E-state index contributed by atoms with van der Waals surface area (Å²) in [6.07, 6.45) is 0.795. The van der Waals surface area contributed by atoms with Crippen molar-refractivity contribution in [1.82, 2.24) is 9.36 Å². The summed E-state index contributed by atoms with van der Waals surface area (Å²) in [7, 11) is 0. The molecule has 0 radical (unpaired) electrons. The first kappa shape index (κ1) is 12.1. The van der Waals surface area contributed by atoms with Crippen molar-refractivity contribution >= 4 is 11.5 Å². The zero-order chi connectivity index (χ0) is 13.1. The maximum Gasteiger partial charge on any atom is 0.147 e. The van der Waals surface area contributed by atoms with Crippen molar-refractivity contribution < 1.29 is 0 Å². The van der Waals surface area contributed by atoms with Crippen molar-refractivity contribution in [3.8, 4) is 10.6 Å². The van der Waals surface area contributed by atoms with Gasteiger partial charge in [-0.3, -0.25) is 0 Å². The van der Waals surface area contributed by atoms with Gasteiger partial charge in [0.25, 0.3) is 0 Å². The van der Waals surface area contributed by atoms with E-state index in [0.29, 0.717) is 0 Å². The summed E-state index contributed by atoms with van der Waals surface area (Å²) >= 11 is 1.47. The van der Waals surface area contributed by atoms with Crippen LogP contribution >= 0.6 is 11.5 Å². The summed E-state index contributed by atoms with van der Waals surface area (Å²) in [6, 6.07) is 18.7. The molecule has 0 aliphatic rings. The molecule has 2 aromatic carbocycles. The predicted octanol–water partition coefficient (Wildman–Crippen LogP) is 4.10. The molecule has 2 nitrogen and oxygen atoms in total. The highest BCUT2D eigenvalue weighted by atomic mass is 32.1. The predicted molar refractivity (Wildman–Crippen MR) is 79.3 cm³/mol. The molecule has 0 saturated heterocycles. The molecule has 94 valence electrons. The van der Waals surface area contributed by atoms with Crippen molar-refractivity contribution in [3.63, 3.8) is 0 Å². The summed E-state index contributed by atoms with van der Waals surface area (Å²) in [4.78, 5) is 4.62. The van der Waals surface area contributed by atoms with E-state index in [4.69, 9.17) is 0 Å². The SMILES string of the molecule is Cc1cccc(-c2nc(Cc3ccccc3)ns2)c1. The maximum absolute atomic E-state index is 4.62. The monoisotopic (exact) mass is 266 g/mol. The molecule has 0 atom stereocenters. The Balaban J connectivity index is 1.84. The number of aromatic nitrogens is 2. The largest absolute Gasteiger partial charge is 0.219 e. The molecule has 0 aliphatic heterocycles. The molecule has 0 amide bonds. The Labute approximate surface area is 116 Å². The second-order valence-electron chi connectivity index (χ2n) is 4.55. The van der Waals surface area contributed by atoms with Crippen LogP contribution in [0.1, 0.15) is 17.0 Å². The first-order valence-electron chi connectivity index (χ1n) is 6.25. The molecule has 3 heteroatoms. The normalized spacial score (nSPS) is 10.6. The van der Waals surface area contributed by atoms with E-state index in [-0.39, 0.29) is 0 Å². The molecule has 0 N–H and O–H groups in total. The first-order chi connectivity index (χ1) is 9.31. The number of hydrogen-bond acceptors (Lipinski definition) is 3. The van der Waals surface area contributed by atoms with Gasteiger partial charge in [-0.1, -0.05) is 54.1 Å². The minimum absolute atomic E-state index is 0.795. The molecule has 3 aromatic rings. The maximum atomic E-state index is 4.62. The van der Waals surface area contributed by atoms with Gasteiger partial charge in [-0.25, -0.2) is 4.98 Å². The quantitative estimate of drug-likeness (QED) is 0.713. The van der Waals surface area contributed by atoms with E-state index in [1.54, 1.807) is 0 Å². The fourth-order valence-electron chi connectivity index (χ4n) is 2.00. The van der Waals surface area contributed by atoms with Gasteiger partial charge in [-0.15, -0.1) is 0 Å². The second-order valence-corrected chi connectivity index (χ2v) is 5.30. The first-order valence-corrected chi connectivity index (χ1v) is 7.02. The van der Waals surface area contributed by atoms with E-state index in [1.807, 2.05) is 18.2 Å². The Morgan fingerprint density at radius 2 is 1.84 bits per heavy atom. The molecule has 0 aliphatic carbocycles. The molecule has 0 spiro atoms. The van der Waals surface area contributed by atoms with Gasteiger partial charge >= 0.3 is 0 Å². The van der Waals surface area contributed by atoms with Crippen LogP contribution in [0, 0.1) is 6.92 Å². The highest BCUT2D eigenvalue weighted by Crippen LogP contribution is 2.23. The van der Waals surface area contributed by atoms with Crippen LogP contribution in [0.15, 0.2) is 54.6 Å². The number of benzene rings is 2. The molecule has 3 rings (SSSR count). The lowest BCUT2D eigenvalue weighted by Crippen LogP contribution is -1.90. The van der Waals surface area contributed by atoms with E-state index >= 15 is 0 Å². The Bertz CT molecular complexity index is 674. The molecule has 0 unspecified atom stereocenters. The lowest BCUT2D eigenvalue weighted by molar-refractivity contribution is 1.04. The summed E-state index contributed by atoms with van der Waals surface area (Å²) < 4.78 is 4.45. The average Bonchev–Trinajstić information content (AvgIpc) is 2.88. The molecule has 0 saturated carbocycles. The van der Waals surface area contributed by atoms with Crippen LogP contribution in [-0.4, -0.2) is 9.36 Å². The van der Waals surface area contributed by atoms with Crippen LogP contribution in [0.2, 0.25) is 0 Å². The topological polar surface area (TPSA) is 25.8 Å². The molecule has 0 bridgehead atoms. The van der Waals surface area contributed by atoms with E-state index < -0.39 is 0 Å². The zero-order valence-corrected chi connectivity index (χ0v) is 11.5. The van der Waals surface area contributed by atoms with Gasteiger partial charge in [0.1, 0.15) is 10.8 Å². The van der Waals surface area contributed by atoms with Gasteiger partial charge in [-0.05, 0) is 30.1 Å². The lowest BCUT2D eigenvalue weighted by Gasteiger charge is -1.97.